The van der Waals surface area contributed by atoms with Crippen LogP contribution in [0.15, 0.2) is 42.7 Å². The smallest absolute Gasteiger partial charge is 0.313 e. The minimum atomic E-state index is -0.884. The maximum Gasteiger partial charge on any atom is 0.313 e. The number of rotatable bonds is 5. The number of carboxylic acid groups (broad SMARTS) is 1. The molecule has 1 aromatic carbocycles. The number of pyridine rings is 1. The summed E-state index contributed by atoms with van der Waals surface area (Å²) < 4.78 is 6.00. The molecule has 1 aromatic heterocycles. The monoisotopic (exact) mass is 409 g/mol. The second-order valence-electron chi connectivity index (χ2n) is 8.05. The number of guanidine groups is 1. The van der Waals surface area contributed by atoms with E-state index in [0.29, 0.717) is 44.8 Å². The minimum absolute atomic E-state index is 0.0856. The molecule has 2 aliphatic heterocycles. The van der Waals surface area contributed by atoms with Crippen molar-refractivity contribution < 1.29 is 14.6 Å². The van der Waals surface area contributed by atoms with Crippen molar-refractivity contribution >= 4 is 17.6 Å². The number of aromatic nitrogens is 1. The number of fused-ring (bicyclic) bond motifs is 1. The predicted molar refractivity (Wildman–Crippen MR) is 114 cm³/mol. The van der Waals surface area contributed by atoms with Gasteiger partial charge in [-0.1, -0.05) is 6.07 Å². The molecular weight excluding hydrogens is 382 g/mol. The van der Waals surface area contributed by atoms with E-state index in [1.54, 1.807) is 12.4 Å². The van der Waals surface area contributed by atoms with E-state index >= 15 is 0 Å². The van der Waals surface area contributed by atoms with Crippen molar-refractivity contribution in [2.75, 3.05) is 31.1 Å². The van der Waals surface area contributed by atoms with Crippen LogP contribution < -0.4 is 15.4 Å². The van der Waals surface area contributed by atoms with Gasteiger partial charge in [-0.05, 0) is 54.7 Å². The lowest BCUT2D eigenvalue weighted by molar-refractivity contribution is -0.152. The Balaban J connectivity index is 1.40. The number of nitrogens with zero attached hydrogens (tertiary/aromatic N) is 3. The van der Waals surface area contributed by atoms with Crippen LogP contribution in [0.2, 0.25) is 0 Å². The fourth-order valence-corrected chi connectivity index (χ4v) is 4.21. The third-order valence-corrected chi connectivity index (χ3v) is 6.25. The molecule has 4 N–H and O–H groups in total. The fourth-order valence-electron chi connectivity index (χ4n) is 4.21. The van der Waals surface area contributed by atoms with Crippen molar-refractivity contribution in [2.24, 2.45) is 11.1 Å². The highest BCUT2D eigenvalue weighted by molar-refractivity contribution is 5.76. The molecule has 0 aliphatic carbocycles. The Kier molecular flexibility index (Phi) is 5.48. The summed E-state index contributed by atoms with van der Waals surface area (Å²) >= 11 is 0. The van der Waals surface area contributed by atoms with Crippen LogP contribution in [-0.2, 0) is 17.8 Å². The number of benzene rings is 1. The van der Waals surface area contributed by atoms with Crippen LogP contribution in [0.4, 0.5) is 5.69 Å². The van der Waals surface area contributed by atoms with Crippen molar-refractivity contribution in [2.45, 2.75) is 25.8 Å². The summed E-state index contributed by atoms with van der Waals surface area (Å²) in [6, 6.07) is 9.76. The van der Waals surface area contributed by atoms with Gasteiger partial charge in [-0.3, -0.25) is 15.2 Å². The highest BCUT2D eigenvalue weighted by atomic mass is 16.5. The molecule has 2 aliphatic rings. The summed E-state index contributed by atoms with van der Waals surface area (Å²) in [5.41, 5.74) is 8.08. The number of aliphatic carboxylic acids is 1. The average Bonchev–Trinajstić information content (AvgIpc) is 2.78. The van der Waals surface area contributed by atoms with E-state index in [1.807, 2.05) is 35.2 Å². The van der Waals surface area contributed by atoms with E-state index in [9.17, 15) is 9.90 Å². The summed E-state index contributed by atoms with van der Waals surface area (Å²) in [5, 5.41) is 17.6. The van der Waals surface area contributed by atoms with Gasteiger partial charge >= 0.3 is 5.97 Å². The van der Waals surface area contributed by atoms with Gasteiger partial charge in [0, 0.05) is 44.3 Å². The number of carbonyl (C=O) groups is 1. The molecule has 1 saturated heterocycles. The van der Waals surface area contributed by atoms with Gasteiger partial charge in [0.2, 0.25) is 0 Å². The number of anilines is 1. The second kappa shape index (κ2) is 8.22. The first kappa shape index (κ1) is 20.0. The summed E-state index contributed by atoms with van der Waals surface area (Å²) in [4.78, 5) is 20.2. The van der Waals surface area contributed by atoms with E-state index in [-0.39, 0.29) is 12.6 Å². The minimum Gasteiger partial charge on any atom is -0.492 e. The summed E-state index contributed by atoms with van der Waals surface area (Å²) in [5.74, 6) is -0.0170. The molecule has 4 rings (SSSR count). The third-order valence-electron chi connectivity index (χ3n) is 6.25. The maximum absolute atomic E-state index is 12.1. The van der Waals surface area contributed by atoms with Crippen LogP contribution in [0.25, 0.3) is 0 Å². The number of nitrogens with one attached hydrogen (secondary N) is 1. The zero-order chi connectivity index (χ0) is 21.1. The number of hydrogen-bond acceptors (Lipinski definition) is 5. The van der Waals surface area contributed by atoms with E-state index < -0.39 is 11.4 Å². The first-order chi connectivity index (χ1) is 14.5. The molecule has 0 spiro atoms. The van der Waals surface area contributed by atoms with Crippen LogP contribution in [-0.4, -0.2) is 53.2 Å². The molecule has 2 aromatic rings. The molecule has 158 valence electrons. The Labute approximate surface area is 175 Å². The van der Waals surface area contributed by atoms with Crippen molar-refractivity contribution in [3.63, 3.8) is 0 Å². The molecule has 0 saturated carbocycles. The predicted octanol–water partition coefficient (Wildman–Crippen LogP) is 2.08. The zero-order valence-corrected chi connectivity index (χ0v) is 16.9. The van der Waals surface area contributed by atoms with E-state index in [1.165, 1.54) is 5.56 Å². The van der Waals surface area contributed by atoms with Gasteiger partial charge in [0.15, 0.2) is 5.96 Å². The molecule has 0 bridgehead atoms. The van der Waals surface area contributed by atoms with Gasteiger partial charge in [-0.25, -0.2) is 0 Å². The number of ether oxygens (including phenoxy) is 1. The Morgan fingerprint density at radius 3 is 2.57 bits per heavy atom. The first-order valence-electron chi connectivity index (χ1n) is 10.2. The van der Waals surface area contributed by atoms with Crippen LogP contribution in [0.3, 0.4) is 0 Å². The standard InChI is InChI=1S/C22H27N5O3/c23-21(24)27-10-5-16-13-19(2-1-17(16)14-27)30-15-22(20(28)29)6-11-26(12-7-22)18-3-8-25-9-4-18/h1-4,8-9,13H,5-7,10-12,14-15H2,(H3,23,24)(H,28,29). The van der Waals surface area contributed by atoms with Crippen LogP contribution >= 0.6 is 0 Å². The highest BCUT2D eigenvalue weighted by Crippen LogP contribution is 2.35. The lowest BCUT2D eigenvalue weighted by atomic mass is 9.79. The topological polar surface area (TPSA) is 116 Å². The molecule has 3 heterocycles. The molecular formula is C22H27N5O3. The molecule has 8 nitrogen and oxygen atoms in total. The highest BCUT2D eigenvalue weighted by Gasteiger charge is 2.42. The number of hydrogen-bond donors (Lipinski definition) is 3. The number of nitrogens with two attached hydrogens (primary N) is 1. The zero-order valence-electron chi connectivity index (χ0n) is 16.9. The lowest BCUT2D eigenvalue weighted by Crippen LogP contribution is -2.47. The van der Waals surface area contributed by atoms with Gasteiger partial charge in [0.25, 0.3) is 0 Å². The fraction of sp³-hybridized carbons (Fsp3) is 0.409. The molecule has 0 amide bonds. The largest absolute Gasteiger partial charge is 0.492 e. The molecule has 8 heteroatoms. The van der Waals surface area contributed by atoms with Gasteiger partial charge in [-0.15, -0.1) is 0 Å². The van der Waals surface area contributed by atoms with Crippen LogP contribution in [0.1, 0.15) is 24.0 Å². The Morgan fingerprint density at radius 2 is 1.90 bits per heavy atom. The van der Waals surface area contributed by atoms with Gasteiger partial charge < -0.3 is 25.4 Å². The Hall–Kier alpha value is -3.29. The molecule has 1 fully saturated rings. The van der Waals surface area contributed by atoms with Gasteiger partial charge in [-0.2, -0.15) is 0 Å². The maximum atomic E-state index is 12.1. The number of piperidine rings is 1. The summed E-state index contributed by atoms with van der Waals surface area (Å²) in [6.07, 6.45) is 5.36. The van der Waals surface area contributed by atoms with Gasteiger partial charge in [0.05, 0.1) is 0 Å². The van der Waals surface area contributed by atoms with Crippen molar-refractivity contribution in [1.82, 2.24) is 9.88 Å². The molecule has 0 radical (unpaired) electrons. The van der Waals surface area contributed by atoms with Gasteiger partial charge in [0.1, 0.15) is 17.8 Å². The second-order valence-corrected chi connectivity index (χ2v) is 8.05. The summed E-state index contributed by atoms with van der Waals surface area (Å²) in [7, 11) is 0. The van der Waals surface area contributed by atoms with Crippen molar-refractivity contribution in [1.29, 1.82) is 5.41 Å². The molecule has 0 unspecified atom stereocenters. The Morgan fingerprint density at radius 1 is 1.17 bits per heavy atom. The van der Waals surface area contributed by atoms with E-state index in [4.69, 9.17) is 15.9 Å². The quantitative estimate of drug-likeness (QED) is 0.511. The van der Waals surface area contributed by atoms with E-state index in [0.717, 1.165) is 17.7 Å². The van der Waals surface area contributed by atoms with Crippen LogP contribution in [0.5, 0.6) is 5.75 Å². The average molecular weight is 409 g/mol. The van der Waals surface area contributed by atoms with E-state index in [2.05, 4.69) is 9.88 Å². The summed E-state index contributed by atoms with van der Waals surface area (Å²) in [6.45, 7) is 2.82. The molecule has 30 heavy (non-hydrogen) atoms. The van der Waals surface area contributed by atoms with Crippen LogP contribution in [0, 0.1) is 10.8 Å². The molecule has 0 atom stereocenters. The first-order valence-corrected chi connectivity index (χ1v) is 10.2. The SMILES string of the molecule is N=C(N)N1CCc2cc(OCC3(C(=O)O)CCN(c4ccncc4)CC3)ccc2C1. The third kappa shape index (κ3) is 4.03. The van der Waals surface area contributed by atoms with Crippen molar-refractivity contribution in [3.8, 4) is 5.75 Å². The lowest BCUT2D eigenvalue weighted by Gasteiger charge is -2.39. The van der Waals surface area contributed by atoms with Crippen molar-refractivity contribution in [3.05, 3.63) is 53.9 Å². The normalized spacial score (nSPS) is 17.9. The Bertz CT molecular complexity index is 926. The number of carboxylic acids is 1.